The Morgan fingerprint density at radius 3 is 2.48 bits per heavy atom. The first-order valence-corrected chi connectivity index (χ1v) is 7.38. The van der Waals surface area contributed by atoms with Gasteiger partial charge in [0, 0.05) is 6.04 Å². The monoisotopic (exact) mass is 319 g/mol. The van der Waals surface area contributed by atoms with Crippen LogP contribution in [0.5, 0.6) is 0 Å². The van der Waals surface area contributed by atoms with Crippen LogP contribution in [0.1, 0.15) is 40.9 Å². The van der Waals surface area contributed by atoms with E-state index in [1.807, 2.05) is 18.2 Å². The maximum absolute atomic E-state index is 13.8. The predicted octanol–water partition coefficient (Wildman–Crippen LogP) is 3.52. The van der Waals surface area contributed by atoms with E-state index in [1.165, 1.54) is 6.92 Å². The van der Waals surface area contributed by atoms with Crippen molar-refractivity contribution in [3.63, 3.8) is 0 Å². The van der Waals surface area contributed by atoms with Gasteiger partial charge < -0.3 is 10.4 Å². The smallest absolute Gasteiger partial charge is 0.254 e. The highest BCUT2D eigenvalue weighted by Crippen LogP contribution is 2.19. The van der Waals surface area contributed by atoms with Crippen molar-refractivity contribution < 1.29 is 18.7 Å². The van der Waals surface area contributed by atoms with E-state index in [9.17, 15) is 18.7 Å². The van der Waals surface area contributed by atoms with Crippen molar-refractivity contribution in [2.24, 2.45) is 0 Å². The lowest BCUT2D eigenvalue weighted by atomic mass is 10.0. The fraction of sp³-hybridized carbons (Fsp3) is 0.278. The Bertz CT molecular complexity index is 689. The molecular weight excluding hydrogens is 300 g/mol. The van der Waals surface area contributed by atoms with Gasteiger partial charge >= 0.3 is 0 Å². The van der Waals surface area contributed by atoms with E-state index in [-0.39, 0.29) is 17.5 Å². The fourth-order valence-electron chi connectivity index (χ4n) is 2.33. The second-order valence-electron chi connectivity index (χ2n) is 5.62. The molecule has 23 heavy (non-hydrogen) atoms. The molecule has 2 N–H and O–H groups in total. The summed E-state index contributed by atoms with van der Waals surface area (Å²) in [5, 5.41) is 12.7. The van der Waals surface area contributed by atoms with Crippen LogP contribution in [0.3, 0.4) is 0 Å². The quantitative estimate of drug-likeness (QED) is 0.886. The topological polar surface area (TPSA) is 49.3 Å². The number of benzene rings is 2. The molecule has 0 radical (unpaired) electrons. The average Bonchev–Trinajstić information content (AvgIpc) is 2.51. The van der Waals surface area contributed by atoms with E-state index in [0.29, 0.717) is 0 Å². The minimum absolute atomic E-state index is 0.145. The lowest BCUT2D eigenvalue weighted by Crippen LogP contribution is -2.34. The Morgan fingerprint density at radius 2 is 1.83 bits per heavy atom. The molecule has 3 nitrogen and oxygen atoms in total. The number of aliphatic hydroxyl groups is 1. The highest BCUT2D eigenvalue weighted by Gasteiger charge is 2.18. The predicted molar refractivity (Wildman–Crippen MR) is 84.0 cm³/mol. The molecule has 0 heterocycles. The molecule has 1 amide bonds. The lowest BCUT2D eigenvalue weighted by molar-refractivity contribution is 0.0912. The summed E-state index contributed by atoms with van der Waals surface area (Å²) in [6.45, 7) is 3.13. The maximum atomic E-state index is 13.8. The van der Waals surface area contributed by atoms with Gasteiger partial charge in [0.1, 0.15) is 11.6 Å². The molecule has 0 bridgehead atoms. The standard InChI is InChI=1S/C18H19F2NO2/c1-11-8-16(20)14(10-15(11)19)18(23)21-12(2)9-17(22)13-6-4-3-5-7-13/h3-8,10,12,17,22H,9H2,1-2H3,(H,21,23). The van der Waals surface area contributed by atoms with Gasteiger partial charge in [-0.3, -0.25) is 4.79 Å². The number of rotatable bonds is 5. The summed E-state index contributed by atoms with van der Waals surface area (Å²) >= 11 is 0. The molecule has 0 aliphatic carbocycles. The summed E-state index contributed by atoms with van der Waals surface area (Å²) in [4.78, 5) is 12.1. The first kappa shape index (κ1) is 17.1. The Kier molecular flexibility index (Phi) is 5.45. The van der Waals surface area contributed by atoms with Gasteiger partial charge in [-0.25, -0.2) is 8.78 Å². The Labute approximate surface area is 134 Å². The molecule has 0 fully saturated rings. The zero-order valence-electron chi connectivity index (χ0n) is 13.0. The van der Waals surface area contributed by atoms with Crippen LogP contribution >= 0.6 is 0 Å². The van der Waals surface area contributed by atoms with E-state index in [0.717, 1.165) is 17.7 Å². The number of nitrogens with one attached hydrogen (secondary N) is 1. The van der Waals surface area contributed by atoms with E-state index < -0.39 is 29.7 Å². The molecule has 0 spiro atoms. The third-order valence-electron chi connectivity index (χ3n) is 3.63. The zero-order valence-corrected chi connectivity index (χ0v) is 13.0. The summed E-state index contributed by atoms with van der Waals surface area (Å²) in [6, 6.07) is 10.5. The van der Waals surface area contributed by atoms with Gasteiger partial charge in [-0.05, 0) is 43.5 Å². The molecule has 2 aromatic carbocycles. The van der Waals surface area contributed by atoms with Crippen LogP contribution in [0, 0.1) is 18.6 Å². The molecule has 2 rings (SSSR count). The fourth-order valence-corrected chi connectivity index (χ4v) is 2.33. The summed E-state index contributed by atoms with van der Waals surface area (Å²) in [5.41, 5.74) is 0.543. The van der Waals surface area contributed by atoms with Gasteiger partial charge in [-0.15, -0.1) is 0 Å². The van der Waals surface area contributed by atoms with E-state index >= 15 is 0 Å². The maximum Gasteiger partial charge on any atom is 0.254 e. The molecular formula is C18H19F2NO2. The number of aryl methyl sites for hydroxylation is 1. The molecule has 5 heteroatoms. The summed E-state index contributed by atoms with van der Waals surface area (Å²) in [7, 11) is 0. The minimum atomic E-state index is -0.766. The van der Waals surface area contributed by atoms with Crippen molar-refractivity contribution in [2.45, 2.75) is 32.4 Å². The largest absolute Gasteiger partial charge is 0.388 e. The van der Waals surface area contributed by atoms with Crippen molar-refractivity contribution in [1.82, 2.24) is 5.32 Å². The van der Waals surface area contributed by atoms with E-state index in [2.05, 4.69) is 5.32 Å². The molecule has 0 saturated carbocycles. The summed E-state index contributed by atoms with van der Waals surface area (Å²) in [6.07, 6.45) is -0.475. The molecule has 0 saturated heterocycles. The third kappa shape index (κ3) is 4.36. The number of hydrogen-bond acceptors (Lipinski definition) is 2. The SMILES string of the molecule is Cc1cc(F)c(C(=O)NC(C)CC(O)c2ccccc2)cc1F. The molecule has 122 valence electrons. The van der Waals surface area contributed by atoms with E-state index in [4.69, 9.17) is 0 Å². The normalized spacial score (nSPS) is 13.4. The molecule has 2 atom stereocenters. The lowest BCUT2D eigenvalue weighted by Gasteiger charge is -2.18. The zero-order chi connectivity index (χ0) is 17.0. The number of halogens is 2. The Hall–Kier alpha value is -2.27. The highest BCUT2D eigenvalue weighted by molar-refractivity contribution is 5.94. The second kappa shape index (κ2) is 7.33. The molecule has 0 aliphatic rings. The van der Waals surface area contributed by atoms with Crippen LogP contribution in [0.15, 0.2) is 42.5 Å². The van der Waals surface area contributed by atoms with Crippen molar-refractivity contribution in [3.05, 3.63) is 70.8 Å². The summed E-state index contributed by atoms with van der Waals surface area (Å²) in [5.74, 6) is -2.10. The Balaban J connectivity index is 2.01. The number of amides is 1. The Morgan fingerprint density at radius 1 is 1.17 bits per heavy atom. The van der Waals surface area contributed by atoms with Crippen LogP contribution in [0.2, 0.25) is 0 Å². The van der Waals surface area contributed by atoms with Gasteiger partial charge in [0.05, 0.1) is 11.7 Å². The number of carbonyl (C=O) groups is 1. The van der Waals surface area contributed by atoms with Crippen LogP contribution in [0.4, 0.5) is 8.78 Å². The van der Waals surface area contributed by atoms with Crippen molar-refractivity contribution in [1.29, 1.82) is 0 Å². The number of aliphatic hydroxyl groups excluding tert-OH is 1. The van der Waals surface area contributed by atoms with Crippen LogP contribution in [0.25, 0.3) is 0 Å². The van der Waals surface area contributed by atoms with Gasteiger partial charge in [-0.1, -0.05) is 30.3 Å². The van der Waals surface area contributed by atoms with Crippen molar-refractivity contribution in [2.75, 3.05) is 0 Å². The number of carbonyl (C=O) groups excluding carboxylic acids is 1. The second-order valence-corrected chi connectivity index (χ2v) is 5.62. The third-order valence-corrected chi connectivity index (χ3v) is 3.63. The van der Waals surface area contributed by atoms with Gasteiger partial charge in [0.2, 0.25) is 0 Å². The first-order chi connectivity index (χ1) is 10.9. The minimum Gasteiger partial charge on any atom is -0.388 e. The van der Waals surface area contributed by atoms with Gasteiger partial charge in [-0.2, -0.15) is 0 Å². The van der Waals surface area contributed by atoms with Crippen molar-refractivity contribution in [3.8, 4) is 0 Å². The molecule has 2 aromatic rings. The summed E-state index contributed by atoms with van der Waals surface area (Å²) < 4.78 is 27.3. The van der Waals surface area contributed by atoms with Crippen LogP contribution in [-0.4, -0.2) is 17.1 Å². The molecule has 0 aromatic heterocycles. The first-order valence-electron chi connectivity index (χ1n) is 7.38. The number of hydrogen-bond donors (Lipinski definition) is 2. The van der Waals surface area contributed by atoms with Gasteiger partial charge in [0.15, 0.2) is 0 Å². The van der Waals surface area contributed by atoms with Crippen LogP contribution in [-0.2, 0) is 0 Å². The highest BCUT2D eigenvalue weighted by atomic mass is 19.1. The van der Waals surface area contributed by atoms with Crippen molar-refractivity contribution >= 4 is 5.91 Å². The molecule has 2 unspecified atom stereocenters. The van der Waals surface area contributed by atoms with E-state index in [1.54, 1.807) is 19.1 Å². The van der Waals surface area contributed by atoms with Gasteiger partial charge in [0.25, 0.3) is 5.91 Å². The molecule has 0 aliphatic heterocycles. The van der Waals surface area contributed by atoms with Crippen LogP contribution < -0.4 is 5.32 Å². The average molecular weight is 319 g/mol.